The number of methoxy groups -OCH3 is 1. The molecule has 250 valence electrons. The normalized spacial score (nSPS) is 40.5. The highest BCUT2D eigenvalue weighted by molar-refractivity contribution is 5.45. The van der Waals surface area contributed by atoms with Crippen LogP contribution in [0.3, 0.4) is 0 Å². The molecule has 2 N–H and O–H groups in total. The summed E-state index contributed by atoms with van der Waals surface area (Å²) in [4.78, 5) is 0. The van der Waals surface area contributed by atoms with Crippen molar-refractivity contribution < 1.29 is 33.9 Å². The zero-order chi connectivity index (χ0) is 31.5. The molecular weight excluding hydrogens is 568 g/mol. The Hall–Kier alpha value is -1.48. The summed E-state index contributed by atoms with van der Waals surface area (Å²) >= 11 is 0. The van der Waals surface area contributed by atoms with Crippen molar-refractivity contribution in [3.63, 3.8) is 0 Å². The molecule has 7 nitrogen and oxygen atoms in total. The average molecular weight is 625 g/mol. The fraction of sp³-hybridized carbons (Fsp3) is 0.789. The SMILES string of the molecule is COc1ccc([C@H]2C[C@@]3(C)[C@@H](CC[C@@]3(O)CCCOC3CCCCO3)[C@@H]3CC[C@@]4(O)CC5(CCC4=C32)OCC(C)(C)CO5)cc1. The number of rotatable bonds is 7. The van der Waals surface area contributed by atoms with Crippen LogP contribution in [0.2, 0.25) is 0 Å². The average Bonchev–Trinajstić information content (AvgIpc) is 3.30. The van der Waals surface area contributed by atoms with Crippen LogP contribution in [0.5, 0.6) is 5.75 Å². The van der Waals surface area contributed by atoms with Crippen LogP contribution in [0, 0.1) is 22.7 Å². The number of ether oxygens (including phenoxy) is 5. The summed E-state index contributed by atoms with van der Waals surface area (Å²) in [6.45, 7) is 9.45. The molecule has 6 aliphatic rings. The molecule has 0 bridgehead atoms. The molecule has 1 aromatic carbocycles. The number of benzene rings is 1. The van der Waals surface area contributed by atoms with Crippen LogP contribution in [-0.4, -0.2) is 67.0 Å². The van der Waals surface area contributed by atoms with E-state index >= 15 is 0 Å². The maximum Gasteiger partial charge on any atom is 0.171 e. The second-order valence-electron chi connectivity index (χ2n) is 16.3. The van der Waals surface area contributed by atoms with E-state index in [-0.39, 0.29) is 23.0 Å². The van der Waals surface area contributed by atoms with Crippen molar-refractivity contribution in [2.75, 3.05) is 33.5 Å². The van der Waals surface area contributed by atoms with E-state index in [1.165, 1.54) is 16.7 Å². The second kappa shape index (κ2) is 11.9. The largest absolute Gasteiger partial charge is 0.497 e. The van der Waals surface area contributed by atoms with Crippen molar-refractivity contribution in [1.82, 2.24) is 0 Å². The molecule has 45 heavy (non-hydrogen) atoms. The Bertz CT molecular complexity index is 1240. The molecule has 0 amide bonds. The van der Waals surface area contributed by atoms with Crippen LogP contribution >= 0.6 is 0 Å². The Labute approximate surface area is 270 Å². The minimum Gasteiger partial charge on any atom is -0.497 e. The topological polar surface area (TPSA) is 86.6 Å². The molecule has 4 aliphatic carbocycles. The Morgan fingerprint density at radius 2 is 1.71 bits per heavy atom. The van der Waals surface area contributed by atoms with Gasteiger partial charge in [0.25, 0.3) is 0 Å². The fourth-order valence-electron chi connectivity index (χ4n) is 10.3. The number of fused-ring (bicyclic) bond motifs is 4. The highest BCUT2D eigenvalue weighted by atomic mass is 16.7. The minimum absolute atomic E-state index is 0.00734. The van der Waals surface area contributed by atoms with Gasteiger partial charge in [-0.1, -0.05) is 38.5 Å². The molecule has 1 aromatic rings. The highest BCUT2D eigenvalue weighted by Crippen LogP contribution is 2.68. The lowest BCUT2D eigenvalue weighted by atomic mass is 9.49. The molecule has 7 atom stereocenters. The summed E-state index contributed by atoms with van der Waals surface area (Å²) in [5, 5.41) is 25.0. The predicted octanol–water partition coefficient (Wildman–Crippen LogP) is 7.04. The molecule has 2 aliphatic heterocycles. The van der Waals surface area contributed by atoms with Crippen molar-refractivity contribution in [1.29, 1.82) is 0 Å². The van der Waals surface area contributed by atoms with Gasteiger partial charge in [0, 0.05) is 42.8 Å². The molecule has 1 spiro atoms. The summed E-state index contributed by atoms with van der Waals surface area (Å²) < 4.78 is 30.3. The Kier molecular flexibility index (Phi) is 8.48. The molecule has 0 radical (unpaired) electrons. The van der Waals surface area contributed by atoms with Gasteiger partial charge in [0.2, 0.25) is 0 Å². The predicted molar refractivity (Wildman–Crippen MR) is 172 cm³/mol. The number of hydrogen-bond acceptors (Lipinski definition) is 7. The van der Waals surface area contributed by atoms with E-state index in [1.807, 2.05) is 0 Å². The van der Waals surface area contributed by atoms with E-state index in [2.05, 4.69) is 45.0 Å². The van der Waals surface area contributed by atoms with Crippen LogP contribution < -0.4 is 4.74 Å². The standard InChI is InChI=1S/C38H56O7/c1-34(2)24-44-38(45-25-34)19-15-31-33-28(13-17-36(31,39)23-38)30-14-18-37(40,16-7-21-43-32-8-5-6-20-42-32)35(30,3)22-29(33)26-9-11-27(41-4)12-10-26/h9-12,28-30,32,39-40H,5-8,13-25H2,1-4H3/t28-,29+,30-,32?,35-,36+,37-/m0/s1. The summed E-state index contributed by atoms with van der Waals surface area (Å²) in [6.07, 6.45) is 11.2. The van der Waals surface area contributed by atoms with E-state index in [9.17, 15) is 10.2 Å². The van der Waals surface area contributed by atoms with Crippen molar-refractivity contribution in [3.8, 4) is 5.75 Å². The van der Waals surface area contributed by atoms with Crippen molar-refractivity contribution in [2.24, 2.45) is 22.7 Å². The van der Waals surface area contributed by atoms with E-state index < -0.39 is 17.0 Å². The summed E-state index contributed by atoms with van der Waals surface area (Å²) in [5.41, 5.74) is 2.05. The zero-order valence-electron chi connectivity index (χ0n) is 28.1. The molecule has 2 heterocycles. The quantitative estimate of drug-likeness (QED) is 0.249. The highest BCUT2D eigenvalue weighted by Gasteiger charge is 2.64. The van der Waals surface area contributed by atoms with Crippen LogP contribution in [0.25, 0.3) is 0 Å². The fourth-order valence-corrected chi connectivity index (χ4v) is 10.3. The van der Waals surface area contributed by atoms with Gasteiger partial charge in [-0.3, -0.25) is 0 Å². The van der Waals surface area contributed by atoms with Crippen LogP contribution in [-0.2, 0) is 18.9 Å². The Morgan fingerprint density at radius 3 is 2.42 bits per heavy atom. The molecule has 7 heteroatoms. The van der Waals surface area contributed by atoms with Gasteiger partial charge in [0.05, 0.1) is 31.5 Å². The van der Waals surface area contributed by atoms with Crippen molar-refractivity contribution in [3.05, 3.63) is 41.0 Å². The lowest BCUT2D eigenvalue weighted by molar-refractivity contribution is -0.322. The summed E-state index contributed by atoms with van der Waals surface area (Å²) in [5.74, 6) is 1.04. The molecule has 5 fully saturated rings. The van der Waals surface area contributed by atoms with Crippen molar-refractivity contribution >= 4 is 0 Å². The van der Waals surface area contributed by atoms with Gasteiger partial charge in [-0.25, -0.2) is 0 Å². The van der Waals surface area contributed by atoms with Crippen LogP contribution in [0.4, 0.5) is 0 Å². The maximum atomic E-state index is 12.5. The van der Waals surface area contributed by atoms with Crippen LogP contribution in [0.15, 0.2) is 35.4 Å². The molecule has 3 saturated carbocycles. The molecule has 7 rings (SSSR count). The molecule has 2 saturated heterocycles. The first kappa shape index (κ1) is 32.1. The smallest absolute Gasteiger partial charge is 0.171 e. The second-order valence-corrected chi connectivity index (χ2v) is 16.3. The molecule has 1 unspecified atom stereocenters. The van der Waals surface area contributed by atoms with E-state index in [0.29, 0.717) is 38.1 Å². The third kappa shape index (κ3) is 5.72. The summed E-state index contributed by atoms with van der Waals surface area (Å²) in [7, 11) is 1.71. The van der Waals surface area contributed by atoms with Gasteiger partial charge < -0.3 is 33.9 Å². The van der Waals surface area contributed by atoms with Crippen LogP contribution in [0.1, 0.15) is 116 Å². The lowest BCUT2D eigenvalue weighted by Gasteiger charge is -2.58. The van der Waals surface area contributed by atoms with Gasteiger partial charge in [0.15, 0.2) is 12.1 Å². The Morgan fingerprint density at radius 1 is 0.933 bits per heavy atom. The van der Waals surface area contributed by atoms with Gasteiger partial charge in [-0.2, -0.15) is 0 Å². The van der Waals surface area contributed by atoms with E-state index in [4.69, 9.17) is 23.7 Å². The Balaban J connectivity index is 1.18. The number of aliphatic hydroxyl groups is 2. The van der Waals surface area contributed by atoms with E-state index in [0.717, 1.165) is 89.4 Å². The van der Waals surface area contributed by atoms with Gasteiger partial charge in [-0.15, -0.1) is 0 Å². The first-order valence-electron chi connectivity index (χ1n) is 17.8. The number of hydrogen-bond donors (Lipinski definition) is 2. The zero-order valence-corrected chi connectivity index (χ0v) is 28.1. The first-order chi connectivity index (χ1) is 21.5. The monoisotopic (exact) mass is 624 g/mol. The van der Waals surface area contributed by atoms with Crippen molar-refractivity contribution in [2.45, 2.75) is 133 Å². The van der Waals surface area contributed by atoms with E-state index in [1.54, 1.807) is 7.11 Å². The number of allylic oxidation sites excluding steroid dienone is 1. The third-order valence-corrected chi connectivity index (χ3v) is 12.9. The minimum atomic E-state index is -0.919. The molecular formula is C38H56O7. The van der Waals surface area contributed by atoms with Gasteiger partial charge in [-0.05, 0) is 106 Å². The maximum absolute atomic E-state index is 12.5. The third-order valence-electron chi connectivity index (χ3n) is 12.9. The first-order valence-corrected chi connectivity index (χ1v) is 17.8. The van der Waals surface area contributed by atoms with Gasteiger partial charge >= 0.3 is 0 Å². The molecule has 0 aromatic heterocycles. The summed E-state index contributed by atoms with van der Waals surface area (Å²) in [6, 6.07) is 8.53. The van der Waals surface area contributed by atoms with Gasteiger partial charge in [0.1, 0.15) is 5.75 Å². The lowest BCUT2D eigenvalue weighted by Crippen LogP contribution is -2.58.